The van der Waals surface area contributed by atoms with Crippen molar-refractivity contribution < 1.29 is 9.53 Å². The normalized spacial score (nSPS) is 10.2. The summed E-state index contributed by atoms with van der Waals surface area (Å²) in [7, 11) is 1.62. The second kappa shape index (κ2) is 6.19. The van der Waals surface area contributed by atoms with Crippen LogP contribution in [0.15, 0.2) is 48.5 Å². The third-order valence-electron chi connectivity index (χ3n) is 3.14. The third kappa shape index (κ3) is 3.68. The van der Waals surface area contributed by atoms with Crippen molar-refractivity contribution >= 4 is 5.78 Å². The molecule has 0 saturated heterocycles. The average molecular weight is 254 g/mol. The molecule has 0 saturated carbocycles. The van der Waals surface area contributed by atoms with E-state index < -0.39 is 0 Å². The standard InChI is InChI=1S/C17H18O2/c1-13-4-3-5-14(12-13)6-11-17(18)15-7-9-16(19-2)10-8-15/h3-5,7-10,12H,6,11H2,1-2H3. The van der Waals surface area contributed by atoms with Crippen LogP contribution in [0.2, 0.25) is 0 Å². The maximum absolute atomic E-state index is 12.1. The molecule has 0 fully saturated rings. The Bertz CT molecular complexity index is 556. The molecule has 19 heavy (non-hydrogen) atoms. The molecule has 0 aliphatic carbocycles. The quantitative estimate of drug-likeness (QED) is 0.758. The molecule has 0 amide bonds. The average Bonchev–Trinajstić information content (AvgIpc) is 2.45. The van der Waals surface area contributed by atoms with Gasteiger partial charge in [0.15, 0.2) is 5.78 Å². The lowest BCUT2D eigenvalue weighted by Gasteiger charge is -2.04. The smallest absolute Gasteiger partial charge is 0.163 e. The molecule has 0 N–H and O–H groups in total. The summed E-state index contributed by atoms with van der Waals surface area (Å²) >= 11 is 0. The van der Waals surface area contributed by atoms with Crippen LogP contribution in [0, 0.1) is 6.92 Å². The van der Waals surface area contributed by atoms with Gasteiger partial charge >= 0.3 is 0 Å². The van der Waals surface area contributed by atoms with Crippen molar-refractivity contribution in [2.75, 3.05) is 7.11 Å². The predicted molar refractivity (Wildman–Crippen MR) is 76.8 cm³/mol. The van der Waals surface area contributed by atoms with E-state index in [1.54, 1.807) is 7.11 Å². The van der Waals surface area contributed by atoms with Gasteiger partial charge in [0, 0.05) is 12.0 Å². The summed E-state index contributed by atoms with van der Waals surface area (Å²) in [5.41, 5.74) is 3.18. The van der Waals surface area contributed by atoms with Crippen LogP contribution in [0.5, 0.6) is 5.75 Å². The van der Waals surface area contributed by atoms with E-state index in [-0.39, 0.29) is 5.78 Å². The highest BCUT2D eigenvalue weighted by molar-refractivity contribution is 5.96. The molecule has 0 radical (unpaired) electrons. The number of ketones is 1. The molecule has 0 heterocycles. The second-order valence-corrected chi connectivity index (χ2v) is 4.64. The molecule has 0 aliphatic heterocycles. The van der Waals surface area contributed by atoms with Crippen molar-refractivity contribution in [1.82, 2.24) is 0 Å². The number of Topliss-reactive ketones (excluding diaryl/α,β-unsaturated/α-hetero) is 1. The second-order valence-electron chi connectivity index (χ2n) is 4.64. The van der Waals surface area contributed by atoms with Crippen LogP contribution in [0.1, 0.15) is 27.9 Å². The lowest BCUT2D eigenvalue weighted by atomic mass is 10.0. The van der Waals surface area contributed by atoms with Gasteiger partial charge in [-0.1, -0.05) is 29.8 Å². The molecular weight excluding hydrogens is 236 g/mol. The Labute approximate surface area is 114 Å². The molecule has 0 unspecified atom stereocenters. The minimum absolute atomic E-state index is 0.171. The molecule has 0 aromatic heterocycles. The zero-order valence-electron chi connectivity index (χ0n) is 11.3. The van der Waals surface area contributed by atoms with E-state index in [1.165, 1.54) is 11.1 Å². The highest BCUT2D eigenvalue weighted by Crippen LogP contribution is 2.14. The van der Waals surface area contributed by atoms with E-state index >= 15 is 0 Å². The van der Waals surface area contributed by atoms with E-state index in [1.807, 2.05) is 30.3 Å². The minimum Gasteiger partial charge on any atom is -0.497 e. The summed E-state index contributed by atoms with van der Waals surface area (Å²) in [4.78, 5) is 12.1. The van der Waals surface area contributed by atoms with Crippen molar-refractivity contribution in [1.29, 1.82) is 0 Å². The number of carbonyl (C=O) groups is 1. The van der Waals surface area contributed by atoms with E-state index in [0.717, 1.165) is 17.7 Å². The monoisotopic (exact) mass is 254 g/mol. The van der Waals surface area contributed by atoms with Crippen LogP contribution in [-0.4, -0.2) is 12.9 Å². The molecule has 2 aromatic carbocycles. The molecule has 98 valence electrons. The Hall–Kier alpha value is -2.09. The molecule has 0 aliphatic rings. The number of methoxy groups -OCH3 is 1. The first-order valence-electron chi connectivity index (χ1n) is 6.42. The summed E-state index contributed by atoms with van der Waals surface area (Å²) in [5, 5.41) is 0. The van der Waals surface area contributed by atoms with Crippen molar-refractivity contribution in [3.63, 3.8) is 0 Å². The molecule has 0 spiro atoms. The number of aryl methyl sites for hydroxylation is 2. The van der Waals surface area contributed by atoms with Crippen LogP contribution in [-0.2, 0) is 6.42 Å². The predicted octanol–water partition coefficient (Wildman–Crippen LogP) is 3.82. The van der Waals surface area contributed by atoms with Gasteiger partial charge in [-0.25, -0.2) is 0 Å². The summed E-state index contributed by atoms with van der Waals surface area (Å²) in [6.45, 7) is 2.06. The molecule has 2 heteroatoms. The first-order valence-corrected chi connectivity index (χ1v) is 6.42. The van der Waals surface area contributed by atoms with Crippen LogP contribution < -0.4 is 4.74 Å². The van der Waals surface area contributed by atoms with Gasteiger partial charge in [-0.15, -0.1) is 0 Å². The number of hydrogen-bond acceptors (Lipinski definition) is 2. The van der Waals surface area contributed by atoms with Crippen molar-refractivity contribution in [2.45, 2.75) is 19.8 Å². The van der Waals surface area contributed by atoms with Gasteiger partial charge < -0.3 is 4.74 Å². The number of benzene rings is 2. The van der Waals surface area contributed by atoms with Gasteiger partial charge in [-0.2, -0.15) is 0 Å². The van der Waals surface area contributed by atoms with Crippen LogP contribution in [0.25, 0.3) is 0 Å². The van der Waals surface area contributed by atoms with E-state index in [9.17, 15) is 4.79 Å². The van der Waals surface area contributed by atoms with Crippen LogP contribution >= 0.6 is 0 Å². The maximum atomic E-state index is 12.1. The van der Waals surface area contributed by atoms with Crippen molar-refractivity contribution in [3.8, 4) is 5.75 Å². The van der Waals surface area contributed by atoms with Crippen LogP contribution in [0.3, 0.4) is 0 Å². The van der Waals surface area contributed by atoms with Gasteiger partial charge in [0.2, 0.25) is 0 Å². The van der Waals surface area contributed by atoms with E-state index in [4.69, 9.17) is 4.74 Å². The third-order valence-corrected chi connectivity index (χ3v) is 3.14. The van der Waals surface area contributed by atoms with E-state index in [2.05, 4.69) is 25.1 Å². The largest absolute Gasteiger partial charge is 0.497 e. The Kier molecular flexibility index (Phi) is 4.35. The molecule has 2 aromatic rings. The van der Waals surface area contributed by atoms with E-state index in [0.29, 0.717) is 6.42 Å². The zero-order valence-corrected chi connectivity index (χ0v) is 11.3. The zero-order chi connectivity index (χ0) is 13.7. The van der Waals surface area contributed by atoms with Gasteiger partial charge in [0.05, 0.1) is 7.11 Å². The Morgan fingerprint density at radius 3 is 2.47 bits per heavy atom. The Morgan fingerprint density at radius 2 is 1.84 bits per heavy atom. The van der Waals surface area contributed by atoms with Gasteiger partial charge in [0.25, 0.3) is 0 Å². The van der Waals surface area contributed by atoms with Crippen molar-refractivity contribution in [3.05, 3.63) is 65.2 Å². The molecular formula is C17H18O2. The Morgan fingerprint density at radius 1 is 1.11 bits per heavy atom. The highest BCUT2D eigenvalue weighted by atomic mass is 16.5. The van der Waals surface area contributed by atoms with Crippen molar-refractivity contribution in [2.24, 2.45) is 0 Å². The van der Waals surface area contributed by atoms with Gasteiger partial charge in [-0.3, -0.25) is 4.79 Å². The summed E-state index contributed by atoms with van der Waals surface area (Å²) in [6, 6.07) is 15.6. The SMILES string of the molecule is COc1ccc(C(=O)CCc2cccc(C)c2)cc1. The molecule has 0 atom stereocenters. The fourth-order valence-electron chi connectivity index (χ4n) is 2.05. The van der Waals surface area contributed by atoms with Gasteiger partial charge in [-0.05, 0) is 43.2 Å². The van der Waals surface area contributed by atoms with Gasteiger partial charge in [0.1, 0.15) is 5.75 Å². The number of carbonyl (C=O) groups excluding carboxylic acids is 1. The summed E-state index contributed by atoms with van der Waals surface area (Å²) in [6.07, 6.45) is 1.32. The molecule has 2 nitrogen and oxygen atoms in total. The van der Waals surface area contributed by atoms with Crippen LogP contribution in [0.4, 0.5) is 0 Å². The number of hydrogen-bond donors (Lipinski definition) is 0. The number of ether oxygens (including phenoxy) is 1. The first-order chi connectivity index (χ1) is 9.19. The molecule has 0 bridgehead atoms. The topological polar surface area (TPSA) is 26.3 Å². The maximum Gasteiger partial charge on any atom is 0.163 e. The highest BCUT2D eigenvalue weighted by Gasteiger charge is 2.06. The Balaban J connectivity index is 1.97. The minimum atomic E-state index is 0.171. The first kappa shape index (κ1) is 13.3. The fraction of sp³-hybridized carbons (Fsp3) is 0.235. The number of rotatable bonds is 5. The summed E-state index contributed by atoms with van der Waals surface area (Å²) in [5.74, 6) is 0.944. The summed E-state index contributed by atoms with van der Waals surface area (Å²) < 4.78 is 5.08. The fourth-order valence-corrected chi connectivity index (χ4v) is 2.05. The lowest BCUT2D eigenvalue weighted by molar-refractivity contribution is 0.0983. The molecule has 2 rings (SSSR count). The lowest BCUT2D eigenvalue weighted by Crippen LogP contribution is -2.01.